The molecule has 0 N–H and O–H groups in total. The average Bonchev–Trinajstić information content (AvgIpc) is 2.52. The van der Waals surface area contributed by atoms with Gasteiger partial charge in [-0.1, -0.05) is 41.7 Å². The van der Waals surface area contributed by atoms with Gasteiger partial charge in [0.15, 0.2) is 0 Å². The standard InChI is InChI=1S/C18H24BrCl2NO3/c1-4-6-14-11-15(23-10-7-17(19)21)12-16(20)18(14)24-8-5-9-25-22-13(2)3/h7,11-12H,4-6,8-10H2,1-3H3/b17-7-. The molecule has 1 rings (SSSR count). The number of rotatable bonds is 11. The fraction of sp³-hybridized carbons (Fsp3) is 0.500. The maximum absolute atomic E-state index is 6.38. The second-order valence-electron chi connectivity index (χ2n) is 5.52. The Bertz CT molecular complexity index is 598. The van der Waals surface area contributed by atoms with E-state index < -0.39 is 0 Å². The van der Waals surface area contributed by atoms with E-state index in [4.69, 9.17) is 37.5 Å². The minimum Gasteiger partial charge on any atom is -0.492 e. The number of ether oxygens (including phenoxy) is 2. The second kappa shape index (κ2) is 12.4. The molecule has 7 heteroatoms. The number of hydrogen-bond donors (Lipinski definition) is 0. The summed E-state index contributed by atoms with van der Waals surface area (Å²) in [5, 5.41) is 4.43. The van der Waals surface area contributed by atoms with Crippen LogP contribution in [0.25, 0.3) is 0 Å². The molecular weight excluding hydrogens is 429 g/mol. The van der Waals surface area contributed by atoms with Gasteiger partial charge in [0, 0.05) is 12.5 Å². The summed E-state index contributed by atoms with van der Waals surface area (Å²) in [5.41, 5.74) is 1.92. The Labute approximate surface area is 168 Å². The largest absolute Gasteiger partial charge is 0.492 e. The van der Waals surface area contributed by atoms with Crippen molar-refractivity contribution in [3.8, 4) is 11.5 Å². The summed E-state index contributed by atoms with van der Waals surface area (Å²) in [6.07, 6.45) is 4.29. The van der Waals surface area contributed by atoms with Crippen LogP contribution in [0.3, 0.4) is 0 Å². The number of hydrogen-bond acceptors (Lipinski definition) is 4. The first-order valence-electron chi connectivity index (χ1n) is 8.16. The predicted molar refractivity (Wildman–Crippen MR) is 109 cm³/mol. The normalized spacial score (nSPS) is 11.2. The zero-order chi connectivity index (χ0) is 18.7. The third kappa shape index (κ3) is 9.38. The van der Waals surface area contributed by atoms with Gasteiger partial charge in [-0.15, -0.1) is 0 Å². The maximum Gasteiger partial charge on any atom is 0.141 e. The summed E-state index contributed by atoms with van der Waals surface area (Å²) in [7, 11) is 0. The molecule has 0 radical (unpaired) electrons. The van der Waals surface area contributed by atoms with E-state index in [2.05, 4.69) is 28.0 Å². The topological polar surface area (TPSA) is 40.0 Å². The van der Waals surface area contributed by atoms with Crippen LogP contribution in [-0.2, 0) is 11.3 Å². The van der Waals surface area contributed by atoms with Gasteiger partial charge in [-0.3, -0.25) is 0 Å². The third-order valence-electron chi connectivity index (χ3n) is 2.97. The van der Waals surface area contributed by atoms with Crippen LogP contribution in [0.15, 0.2) is 27.3 Å². The van der Waals surface area contributed by atoms with Gasteiger partial charge >= 0.3 is 0 Å². The Hall–Kier alpha value is -0.910. The Morgan fingerprint density at radius 1 is 1.24 bits per heavy atom. The minimum absolute atomic E-state index is 0.362. The molecule has 0 bridgehead atoms. The first kappa shape index (κ1) is 22.1. The van der Waals surface area contributed by atoms with Crippen LogP contribution in [0.2, 0.25) is 5.02 Å². The molecule has 0 aliphatic carbocycles. The van der Waals surface area contributed by atoms with Gasteiger partial charge in [0.05, 0.1) is 21.3 Å². The number of oxime groups is 1. The molecule has 0 aliphatic heterocycles. The zero-order valence-corrected chi connectivity index (χ0v) is 17.9. The van der Waals surface area contributed by atoms with E-state index in [0.717, 1.165) is 30.5 Å². The van der Waals surface area contributed by atoms with Crippen LogP contribution in [0.5, 0.6) is 11.5 Å². The summed E-state index contributed by atoms with van der Waals surface area (Å²) in [6.45, 7) is 7.26. The summed E-state index contributed by atoms with van der Waals surface area (Å²) in [6, 6.07) is 3.72. The molecule has 0 atom stereocenters. The highest BCUT2D eigenvalue weighted by molar-refractivity contribution is 9.12. The number of halogens is 3. The molecule has 25 heavy (non-hydrogen) atoms. The van der Waals surface area contributed by atoms with E-state index in [1.165, 1.54) is 0 Å². The van der Waals surface area contributed by atoms with E-state index in [9.17, 15) is 0 Å². The van der Waals surface area contributed by atoms with Crippen LogP contribution < -0.4 is 9.47 Å². The van der Waals surface area contributed by atoms with Gasteiger partial charge in [0.2, 0.25) is 0 Å². The van der Waals surface area contributed by atoms with Crippen molar-refractivity contribution in [2.24, 2.45) is 5.16 Å². The second-order valence-corrected chi connectivity index (χ2v) is 7.65. The van der Waals surface area contributed by atoms with Crippen LogP contribution >= 0.6 is 39.1 Å². The molecule has 1 aromatic carbocycles. The lowest BCUT2D eigenvalue weighted by Crippen LogP contribution is -2.05. The molecule has 0 amide bonds. The highest BCUT2D eigenvalue weighted by Crippen LogP contribution is 2.34. The van der Waals surface area contributed by atoms with E-state index in [-0.39, 0.29) is 0 Å². The van der Waals surface area contributed by atoms with Crippen molar-refractivity contribution < 1.29 is 14.3 Å². The van der Waals surface area contributed by atoms with Crippen molar-refractivity contribution in [2.45, 2.75) is 40.0 Å². The van der Waals surface area contributed by atoms with Crippen molar-refractivity contribution in [3.05, 3.63) is 32.7 Å². The van der Waals surface area contributed by atoms with Gasteiger partial charge in [-0.2, -0.15) is 0 Å². The van der Waals surface area contributed by atoms with Crippen LogP contribution in [0.4, 0.5) is 0 Å². The molecule has 4 nitrogen and oxygen atoms in total. The highest BCUT2D eigenvalue weighted by atomic mass is 79.9. The Kier molecular flexibility index (Phi) is 11.0. The molecule has 0 aliphatic rings. The Morgan fingerprint density at radius 3 is 2.64 bits per heavy atom. The number of aryl methyl sites for hydroxylation is 1. The first-order chi connectivity index (χ1) is 11.9. The minimum atomic E-state index is 0.362. The maximum atomic E-state index is 6.38. The lowest BCUT2D eigenvalue weighted by molar-refractivity contribution is 0.127. The molecule has 0 saturated carbocycles. The van der Waals surface area contributed by atoms with Crippen LogP contribution in [0.1, 0.15) is 39.2 Å². The van der Waals surface area contributed by atoms with Gasteiger partial charge in [0.25, 0.3) is 0 Å². The van der Waals surface area contributed by atoms with Crippen LogP contribution in [-0.4, -0.2) is 25.5 Å². The van der Waals surface area contributed by atoms with Gasteiger partial charge in [-0.25, -0.2) is 0 Å². The van der Waals surface area contributed by atoms with E-state index in [1.807, 2.05) is 19.9 Å². The molecule has 140 valence electrons. The number of benzene rings is 1. The van der Waals surface area contributed by atoms with Crippen molar-refractivity contribution in [1.82, 2.24) is 0 Å². The Morgan fingerprint density at radius 2 is 2.00 bits per heavy atom. The zero-order valence-electron chi connectivity index (χ0n) is 14.8. The van der Waals surface area contributed by atoms with Crippen molar-refractivity contribution in [1.29, 1.82) is 0 Å². The fourth-order valence-corrected chi connectivity index (χ4v) is 2.47. The van der Waals surface area contributed by atoms with Gasteiger partial charge in [0.1, 0.15) is 24.7 Å². The SMILES string of the molecule is CCCc1cc(OC/C=C(\Cl)Br)cc(Cl)c1OCCCON=C(C)C. The molecule has 0 fully saturated rings. The molecule has 0 aromatic heterocycles. The summed E-state index contributed by atoms with van der Waals surface area (Å²) >= 11 is 15.3. The van der Waals surface area contributed by atoms with Crippen molar-refractivity contribution in [2.75, 3.05) is 19.8 Å². The predicted octanol–water partition coefficient (Wildman–Crippen LogP) is 6.33. The molecule has 0 unspecified atom stereocenters. The quantitative estimate of drug-likeness (QED) is 0.224. The monoisotopic (exact) mass is 451 g/mol. The van der Waals surface area contributed by atoms with Gasteiger partial charge < -0.3 is 14.3 Å². The first-order valence-corrected chi connectivity index (χ1v) is 9.71. The summed E-state index contributed by atoms with van der Waals surface area (Å²) in [4.78, 5) is 5.16. The third-order valence-corrected chi connectivity index (χ3v) is 3.73. The molecule has 1 aromatic rings. The lowest BCUT2D eigenvalue weighted by atomic mass is 10.1. The van der Waals surface area contributed by atoms with E-state index in [0.29, 0.717) is 40.3 Å². The van der Waals surface area contributed by atoms with Crippen molar-refractivity contribution in [3.63, 3.8) is 0 Å². The fourth-order valence-electron chi connectivity index (χ4n) is 2.00. The summed E-state index contributed by atoms with van der Waals surface area (Å²) in [5.74, 6) is 1.40. The van der Waals surface area contributed by atoms with E-state index >= 15 is 0 Å². The van der Waals surface area contributed by atoms with E-state index in [1.54, 1.807) is 12.1 Å². The van der Waals surface area contributed by atoms with Crippen molar-refractivity contribution >= 4 is 44.8 Å². The smallest absolute Gasteiger partial charge is 0.141 e. The Balaban J connectivity index is 2.67. The van der Waals surface area contributed by atoms with Gasteiger partial charge in [-0.05, 0) is 53.9 Å². The molecule has 0 spiro atoms. The summed E-state index contributed by atoms with van der Waals surface area (Å²) < 4.78 is 12.0. The average molecular weight is 453 g/mol. The number of nitrogens with zero attached hydrogens (tertiary/aromatic N) is 1. The molecular formula is C18H24BrCl2NO3. The molecule has 0 heterocycles. The lowest BCUT2D eigenvalue weighted by Gasteiger charge is -2.15. The van der Waals surface area contributed by atoms with Crippen LogP contribution in [0, 0.1) is 0 Å². The molecule has 0 saturated heterocycles. The highest BCUT2D eigenvalue weighted by Gasteiger charge is 2.12.